The van der Waals surface area contributed by atoms with Gasteiger partial charge < -0.3 is 14.8 Å². The van der Waals surface area contributed by atoms with Gasteiger partial charge in [-0.3, -0.25) is 14.5 Å². The number of carbonyl (C=O) groups is 2. The van der Waals surface area contributed by atoms with E-state index in [9.17, 15) is 9.59 Å². The van der Waals surface area contributed by atoms with Gasteiger partial charge in [-0.25, -0.2) is 0 Å². The van der Waals surface area contributed by atoms with Crippen LogP contribution in [0.5, 0.6) is 11.5 Å². The van der Waals surface area contributed by atoms with Crippen LogP contribution in [-0.4, -0.2) is 49.4 Å². The Bertz CT molecular complexity index is 911. The Morgan fingerprint density at radius 2 is 1.70 bits per heavy atom. The van der Waals surface area contributed by atoms with Gasteiger partial charge >= 0.3 is 0 Å². The van der Waals surface area contributed by atoms with Gasteiger partial charge in [0.25, 0.3) is 0 Å². The van der Waals surface area contributed by atoms with Gasteiger partial charge in [0.05, 0.1) is 30.5 Å². The highest BCUT2D eigenvalue weighted by Gasteiger charge is 2.26. The van der Waals surface area contributed by atoms with Crippen LogP contribution in [-0.2, 0) is 4.79 Å². The highest BCUT2D eigenvalue weighted by Crippen LogP contribution is 2.37. The van der Waals surface area contributed by atoms with E-state index in [1.807, 2.05) is 30.3 Å². The molecule has 1 saturated heterocycles. The van der Waals surface area contributed by atoms with Crippen LogP contribution in [0.4, 0.5) is 5.69 Å². The van der Waals surface area contributed by atoms with Crippen LogP contribution in [0.25, 0.3) is 0 Å². The van der Waals surface area contributed by atoms with Crippen molar-refractivity contribution in [2.75, 3.05) is 38.2 Å². The van der Waals surface area contributed by atoms with E-state index in [0.717, 1.165) is 24.8 Å². The molecule has 2 aliphatic heterocycles. The topological polar surface area (TPSA) is 67.9 Å². The zero-order chi connectivity index (χ0) is 20.9. The van der Waals surface area contributed by atoms with E-state index in [1.165, 1.54) is 0 Å². The molecule has 0 atom stereocenters. The molecule has 0 unspecified atom stereocenters. The number of nitrogens with zero attached hydrogens (tertiary/aromatic N) is 1. The van der Waals surface area contributed by atoms with Crippen molar-refractivity contribution in [2.24, 2.45) is 5.92 Å². The highest BCUT2D eigenvalue weighted by molar-refractivity contribution is 6.34. The van der Waals surface area contributed by atoms with Crippen LogP contribution in [0.1, 0.15) is 29.6 Å². The van der Waals surface area contributed by atoms with Gasteiger partial charge in [-0.15, -0.1) is 0 Å². The van der Waals surface area contributed by atoms with Crippen molar-refractivity contribution in [3.63, 3.8) is 0 Å². The Balaban J connectivity index is 1.30. The molecule has 1 N–H and O–H groups in total. The Kier molecular flexibility index (Phi) is 6.55. The third kappa shape index (κ3) is 4.94. The number of anilines is 1. The molecular weight excluding hydrogens is 404 g/mol. The lowest BCUT2D eigenvalue weighted by Crippen LogP contribution is -2.40. The molecule has 1 fully saturated rings. The average molecular weight is 429 g/mol. The SMILES string of the molecule is O=C(CN1CCC(C(=O)c2ccccc2)CC1)Nc1cc2c(cc1Cl)OCCCO2. The van der Waals surface area contributed by atoms with E-state index < -0.39 is 0 Å². The number of benzene rings is 2. The van der Waals surface area contributed by atoms with Gasteiger partial charge in [-0.1, -0.05) is 41.9 Å². The summed E-state index contributed by atoms with van der Waals surface area (Å²) in [6.45, 7) is 2.84. The van der Waals surface area contributed by atoms with Gasteiger partial charge in [0, 0.05) is 30.0 Å². The van der Waals surface area contributed by atoms with E-state index in [1.54, 1.807) is 12.1 Å². The third-order valence-corrected chi connectivity index (χ3v) is 5.81. The first-order valence-electron chi connectivity index (χ1n) is 10.3. The van der Waals surface area contributed by atoms with Crippen molar-refractivity contribution >= 4 is 29.0 Å². The third-order valence-electron chi connectivity index (χ3n) is 5.50. The Morgan fingerprint density at radius 1 is 1.03 bits per heavy atom. The summed E-state index contributed by atoms with van der Waals surface area (Å²) in [5.41, 5.74) is 1.28. The molecule has 2 heterocycles. The maximum Gasteiger partial charge on any atom is 0.238 e. The zero-order valence-electron chi connectivity index (χ0n) is 16.7. The van der Waals surface area contributed by atoms with Crippen LogP contribution in [0.3, 0.4) is 0 Å². The van der Waals surface area contributed by atoms with Crippen LogP contribution in [0.2, 0.25) is 5.02 Å². The lowest BCUT2D eigenvalue weighted by Gasteiger charge is -2.30. The maximum atomic E-state index is 12.6. The summed E-state index contributed by atoms with van der Waals surface area (Å²) in [5.74, 6) is 1.26. The van der Waals surface area contributed by atoms with Gasteiger partial charge in [0.2, 0.25) is 5.91 Å². The Labute approximate surface area is 181 Å². The minimum absolute atomic E-state index is 0.0166. The monoisotopic (exact) mass is 428 g/mol. The van der Waals surface area contributed by atoms with Crippen molar-refractivity contribution in [2.45, 2.75) is 19.3 Å². The Hall–Kier alpha value is -2.57. The molecule has 2 aromatic rings. The minimum Gasteiger partial charge on any atom is -0.490 e. The van der Waals surface area contributed by atoms with Crippen LogP contribution >= 0.6 is 11.6 Å². The van der Waals surface area contributed by atoms with Gasteiger partial charge in [0.1, 0.15) is 0 Å². The molecule has 2 aromatic carbocycles. The lowest BCUT2D eigenvalue weighted by molar-refractivity contribution is -0.117. The summed E-state index contributed by atoms with van der Waals surface area (Å²) >= 11 is 6.31. The molecular formula is C23H25ClN2O4. The van der Waals surface area contributed by atoms with E-state index in [0.29, 0.717) is 48.5 Å². The molecule has 2 aliphatic rings. The average Bonchev–Trinajstić information content (AvgIpc) is 2.99. The van der Waals surface area contributed by atoms with E-state index >= 15 is 0 Å². The molecule has 0 aliphatic carbocycles. The normalized spacial score (nSPS) is 17.2. The number of nitrogens with one attached hydrogen (secondary N) is 1. The molecule has 0 bridgehead atoms. The Morgan fingerprint density at radius 3 is 2.40 bits per heavy atom. The zero-order valence-corrected chi connectivity index (χ0v) is 17.5. The fraction of sp³-hybridized carbons (Fsp3) is 0.391. The van der Waals surface area contributed by atoms with Crippen molar-refractivity contribution < 1.29 is 19.1 Å². The fourth-order valence-electron chi connectivity index (χ4n) is 3.86. The second kappa shape index (κ2) is 9.49. The second-order valence-corrected chi connectivity index (χ2v) is 8.07. The number of fused-ring (bicyclic) bond motifs is 1. The largest absolute Gasteiger partial charge is 0.490 e. The molecule has 4 rings (SSSR count). The number of halogens is 1. The summed E-state index contributed by atoms with van der Waals surface area (Å²) in [5, 5.41) is 3.29. The van der Waals surface area contributed by atoms with Crippen molar-refractivity contribution in [1.29, 1.82) is 0 Å². The second-order valence-electron chi connectivity index (χ2n) is 7.66. The predicted octanol–water partition coefficient (Wildman–Crippen LogP) is 4.03. The number of ether oxygens (including phenoxy) is 2. The summed E-state index contributed by atoms with van der Waals surface area (Å²) in [6.07, 6.45) is 2.31. The molecule has 0 saturated carbocycles. The number of rotatable bonds is 5. The smallest absolute Gasteiger partial charge is 0.238 e. The molecule has 30 heavy (non-hydrogen) atoms. The van der Waals surface area contributed by atoms with E-state index in [2.05, 4.69) is 10.2 Å². The van der Waals surface area contributed by atoms with Crippen molar-refractivity contribution in [3.8, 4) is 11.5 Å². The summed E-state index contributed by atoms with van der Waals surface area (Å²) in [4.78, 5) is 27.2. The number of Topliss-reactive ketones (excluding diaryl/α,β-unsaturated/α-hetero) is 1. The van der Waals surface area contributed by atoms with Gasteiger partial charge in [-0.05, 0) is 25.9 Å². The van der Waals surface area contributed by atoms with Crippen molar-refractivity contribution in [3.05, 3.63) is 53.1 Å². The predicted molar refractivity (Wildman–Crippen MR) is 116 cm³/mol. The van der Waals surface area contributed by atoms with Crippen LogP contribution in [0.15, 0.2) is 42.5 Å². The molecule has 0 spiro atoms. The number of ketones is 1. The summed E-state index contributed by atoms with van der Waals surface area (Å²) in [6, 6.07) is 12.8. The molecule has 0 aromatic heterocycles. The first-order chi connectivity index (χ1) is 14.6. The molecule has 158 valence electrons. The quantitative estimate of drug-likeness (QED) is 0.728. The van der Waals surface area contributed by atoms with E-state index in [-0.39, 0.29) is 24.2 Å². The maximum absolute atomic E-state index is 12.6. The number of carbonyl (C=O) groups excluding carboxylic acids is 2. The first-order valence-corrected chi connectivity index (χ1v) is 10.7. The molecule has 7 heteroatoms. The number of hydrogen-bond donors (Lipinski definition) is 1. The van der Waals surface area contributed by atoms with E-state index in [4.69, 9.17) is 21.1 Å². The summed E-state index contributed by atoms with van der Waals surface area (Å²) in [7, 11) is 0. The highest BCUT2D eigenvalue weighted by atomic mass is 35.5. The van der Waals surface area contributed by atoms with Crippen molar-refractivity contribution in [1.82, 2.24) is 4.90 Å². The number of amides is 1. The van der Waals surface area contributed by atoms with Crippen LogP contribution in [0, 0.1) is 5.92 Å². The lowest BCUT2D eigenvalue weighted by atomic mass is 9.89. The molecule has 0 radical (unpaired) electrons. The van der Waals surface area contributed by atoms with Gasteiger partial charge in [0.15, 0.2) is 17.3 Å². The number of piperidine rings is 1. The number of likely N-dealkylation sites (tertiary alicyclic amines) is 1. The molecule has 6 nitrogen and oxygen atoms in total. The fourth-order valence-corrected chi connectivity index (χ4v) is 4.06. The first kappa shape index (κ1) is 20.7. The van der Waals surface area contributed by atoms with Crippen LogP contribution < -0.4 is 14.8 Å². The minimum atomic E-state index is -0.140. The summed E-state index contributed by atoms with van der Waals surface area (Å²) < 4.78 is 11.3. The molecule has 1 amide bonds. The standard InChI is InChI=1S/C23H25ClN2O4/c24-18-13-20-21(30-12-4-11-29-20)14-19(18)25-22(27)15-26-9-7-17(8-10-26)23(28)16-5-2-1-3-6-16/h1-3,5-6,13-14,17H,4,7-12,15H2,(H,25,27). The van der Waals surface area contributed by atoms with Gasteiger partial charge in [-0.2, -0.15) is 0 Å². The number of hydrogen-bond acceptors (Lipinski definition) is 5.